The van der Waals surface area contributed by atoms with Gasteiger partial charge in [-0.05, 0) is 32.1 Å². The van der Waals surface area contributed by atoms with Gasteiger partial charge in [-0.3, -0.25) is 9.80 Å². The molecule has 0 bridgehead atoms. The van der Waals surface area contributed by atoms with E-state index in [4.69, 9.17) is 9.47 Å². The predicted octanol–water partition coefficient (Wildman–Crippen LogP) is 3.07. The van der Waals surface area contributed by atoms with E-state index in [-0.39, 0.29) is 0 Å². The SMILES string of the molecule is CCCCN1CCOC1CCCC1OCCN1CCCC. The molecule has 0 aromatic carbocycles. The lowest BCUT2D eigenvalue weighted by molar-refractivity contribution is 0.00398. The molecule has 4 nitrogen and oxygen atoms in total. The average Bonchev–Trinajstić information content (AvgIpc) is 3.12. The highest BCUT2D eigenvalue weighted by Gasteiger charge is 2.27. The van der Waals surface area contributed by atoms with Gasteiger partial charge in [-0.1, -0.05) is 26.7 Å². The summed E-state index contributed by atoms with van der Waals surface area (Å²) < 4.78 is 11.8. The maximum absolute atomic E-state index is 5.89. The van der Waals surface area contributed by atoms with Crippen molar-refractivity contribution < 1.29 is 9.47 Å². The number of nitrogens with zero attached hydrogens (tertiary/aromatic N) is 2. The molecule has 2 heterocycles. The molecule has 0 amide bonds. The highest BCUT2D eigenvalue weighted by molar-refractivity contribution is 4.73. The van der Waals surface area contributed by atoms with E-state index in [1.165, 1.54) is 45.2 Å². The molecule has 0 radical (unpaired) electrons. The molecule has 0 N–H and O–H groups in total. The first-order valence-corrected chi connectivity index (χ1v) is 9.06. The zero-order chi connectivity index (χ0) is 14.9. The molecular weight excluding hydrogens is 264 g/mol. The van der Waals surface area contributed by atoms with Crippen molar-refractivity contribution in [3.8, 4) is 0 Å². The molecule has 2 rings (SSSR count). The molecule has 0 saturated carbocycles. The Balaban J connectivity index is 1.63. The summed E-state index contributed by atoms with van der Waals surface area (Å²) in [4.78, 5) is 5.04. The topological polar surface area (TPSA) is 24.9 Å². The first kappa shape index (κ1) is 17.2. The Morgan fingerprint density at radius 1 is 0.762 bits per heavy atom. The third-order valence-electron chi connectivity index (χ3n) is 4.69. The zero-order valence-corrected chi connectivity index (χ0v) is 14.1. The smallest absolute Gasteiger partial charge is 0.110 e. The summed E-state index contributed by atoms with van der Waals surface area (Å²) in [6.45, 7) is 11.0. The van der Waals surface area contributed by atoms with Gasteiger partial charge in [0, 0.05) is 26.2 Å². The molecule has 0 aromatic heterocycles. The second-order valence-electron chi connectivity index (χ2n) is 6.36. The van der Waals surface area contributed by atoms with Crippen molar-refractivity contribution in [3.63, 3.8) is 0 Å². The van der Waals surface area contributed by atoms with Crippen LogP contribution in [0.5, 0.6) is 0 Å². The largest absolute Gasteiger partial charge is 0.362 e. The minimum absolute atomic E-state index is 0.363. The van der Waals surface area contributed by atoms with Crippen LogP contribution in [0.4, 0.5) is 0 Å². The third kappa shape index (κ3) is 5.51. The summed E-state index contributed by atoms with van der Waals surface area (Å²) >= 11 is 0. The second kappa shape index (κ2) is 9.78. The average molecular weight is 298 g/mol. The molecule has 2 aliphatic rings. The molecule has 0 spiro atoms. The lowest BCUT2D eigenvalue weighted by Crippen LogP contribution is -2.33. The van der Waals surface area contributed by atoms with Crippen LogP contribution < -0.4 is 0 Å². The first-order valence-electron chi connectivity index (χ1n) is 9.06. The Morgan fingerprint density at radius 3 is 1.67 bits per heavy atom. The van der Waals surface area contributed by atoms with Crippen molar-refractivity contribution >= 4 is 0 Å². The summed E-state index contributed by atoms with van der Waals surface area (Å²) in [5, 5.41) is 0. The highest BCUT2D eigenvalue weighted by Crippen LogP contribution is 2.21. The van der Waals surface area contributed by atoms with Gasteiger partial charge < -0.3 is 9.47 Å². The standard InChI is InChI=1S/C17H34N2O2/c1-3-5-10-18-12-14-20-16(18)8-7-9-17-19(11-6-4-2)13-15-21-17/h16-17H,3-15H2,1-2H3. The van der Waals surface area contributed by atoms with Crippen LogP contribution in [0.25, 0.3) is 0 Å². The minimum Gasteiger partial charge on any atom is -0.362 e. The summed E-state index contributed by atoms with van der Waals surface area (Å²) in [7, 11) is 0. The Kier molecular flexibility index (Phi) is 8.01. The predicted molar refractivity (Wildman–Crippen MR) is 86.3 cm³/mol. The molecule has 2 unspecified atom stereocenters. The molecule has 2 fully saturated rings. The monoisotopic (exact) mass is 298 g/mol. The Hall–Kier alpha value is -0.160. The van der Waals surface area contributed by atoms with Crippen molar-refractivity contribution in [1.29, 1.82) is 0 Å². The molecule has 2 atom stereocenters. The van der Waals surface area contributed by atoms with Crippen molar-refractivity contribution in [2.24, 2.45) is 0 Å². The Bertz CT molecular complexity index is 250. The number of ether oxygens (including phenoxy) is 2. The van der Waals surface area contributed by atoms with Gasteiger partial charge in [-0.2, -0.15) is 0 Å². The highest BCUT2D eigenvalue weighted by atomic mass is 16.5. The van der Waals surface area contributed by atoms with E-state index in [1.54, 1.807) is 0 Å². The zero-order valence-electron chi connectivity index (χ0n) is 14.1. The van der Waals surface area contributed by atoms with E-state index >= 15 is 0 Å². The van der Waals surface area contributed by atoms with Gasteiger partial charge in [-0.15, -0.1) is 0 Å². The summed E-state index contributed by atoms with van der Waals surface area (Å²) in [5.74, 6) is 0. The van der Waals surface area contributed by atoms with E-state index in [0.717, 1.165) is 39.1 Å². The van der Waals surface area contributed by atoms with Gasteiger partial charge in [0.2, 0.25) is 0 Å². The summed E-state index contributed by atoms with van der Waals surface area (Å²) in [6, 6.07) is 0. The van der Waals surface area contributed by atoms with Crippen LogP contribution in [0.3, 0.4) is 0 Å². The van der Waals surface area contributed by atoms with E-state index in [2.05, 4.69) is 23.6 Å². The molecule has 0 aliphatic carbocycles. The maximum atomic E-state index is 5.89. The van der Waals surface area contributed by atoms with Crippen molar-refractivity contribution in [1.82, 2.24) is 9.80 Å². The number of rotatable bonds is 10. The van der Waals surface area contributed by atoms with Crippen molar-refractivity contribution in [2.45, 2.75) is 71.2 Å². The van der Waals surface area contributed by atoms with Gasteiger partial charge >= 0.3 is 0 Å². The normalized spacial score (nSPS) is 27.7. The maximum Gasteiger partial charge on any atom is 0.110 e. The molecule has 0 aromatic rings. The van der Waals surface area contributed by atoms with E-state index in [9.17, 15) is 0 Å². The molecule has 2 saturated heterocycles. The van der Waals surface area contributed by atoms with Gasteiger partial charge in [0.05, 0.1) is 13.2 Å². The fourth-order valence-corrected chi connectivity index (χ4v) is 3.34. The lowest BCUT2D eigenvalue weighted by atomic mass is 10.1. The molecular formula is C17H34N2O2. The van der Waals surface area contributed by atoms with Gasteiger partial charge in [0.25, 0.3) is 0 Å². The Morgan fingerprint density at radius 2 is 1.24 bits per heavy atom. The molecule has 4 heteroatoms. The molecule has 2 aliphatic heterocycles. The number of unbranched alkanes of at least 4 members (excludes halogenated alkanes) is 2. The van der Waals surface area contributed by atoms with Gasteiger partial charge in [0.1, 0.15) is 12.5 Å². The number of hydrogen-bond donors (Lipinski definition) is 0. The summed E-state index contributed by atoms with van der Waals surface area (Å²) in [6.07, 6.45) is 9.37. The van der Waals surface area contributed by atoms with Crippen LogP contribution in [-0.2, 0) is 9.47 Å². The van der Waals surface area contributed by atoms with E-state index < -0.39 is 0 Å². The van der Waals surface area contributed by atoms with Crippen molar-refractivity contribution in [2.75, 3.05) is 39.4 Å². The minimum atomic E-state index is 0.363. The molecule has 21 heavy (non-hydrogen) atoms. The van der Waals surface area contributed by atoms with Gasteiger partial charge in [-0.25, -0.2) is 0 Å². The van der Waals surface area contributed by atoms with Crippen LogP contribution in [0.2, 0.25) is 0 Å². The third-order valence-corrected chi connectivity index (χ3v) is 4.69. The first-order chi connectivity index (χ1) is 10.3. The van der Waals surface area contributed by atoms with Gasteiger partial charge in [0.15, 0.2) is 0 Å². The quantitative estimate of drug-likeness (QED) is 0.619. The second-order valence-corrected chi connectivity index (χ2v) is 6.36. The molecule has 124 valence electrons. The van der Waals surface area contributed by atoms with Crippen LogP contribution in [-0.4, -0.2) is 61.6 Å². The van der Waals surface area contributed by atoms with E-state index in [0.29, 0.717) is 12.5 Å². The van der Waals surface area contributed by atoms with Crippen LogP contribution in [0.1, 0.15) is 58.8 Å². The fourth-order valence-electron chi connectivity index (χ4n) is 3.34. The van der Waals surface area contributed by atoms with Crippen LogP contribution >= 0.6 is 0 Å². The fraction of sp³-hybridized carbons (Fsp3) is 1.00. The summed E-state index contributed by atoms with van der Waals surface area (Å²) in [5.41, 5.74) is 0. The van der Waals surface area contributed by atoms with Crippen molar-refractivity contribution in [3.05, 3.63) is 0 Å². The lowest BCUT2D eigenvalue weighted by Gasteiger charge is -2.25. The number of hydrogen-bond acceptors (Lipinski definition) is 4. The van der Waals surface area contributed by atoms with Crippen LogP contribution in [0, 0.1) is 0 Å². The van der Waals surface area contributed by atoms with Crippen LogP contribution in [0.15, 0.2) is 0 Å². The Labute approximate surface area is 130 Å². The van der Waals surface area contributed by atoms with E-state index in [1.807, 2.05) is 0 Å².